The van der Waals surface area contributed by atoms with Crippen molar-refractivity contribution in [1.29, 1.82) is 0 Å². The van der Waals surface area contributed by atoms with Crippen molar-refractivity contribution in [2.45, 2.75) is 12.8 Å². The quantitative estimate of drug-likeness (QED) is 0.644. The fourth-order valence-electron chi connectivity index (χ4n) is 4.91. The smallest absolute Gasteiger partial charge is 0.252 e. The van der Waals surface area contributed by atoms with Gasteiger partial charge >= 0.3 is 0 Å². The predicted molar refractivity (Wildman–Crippen MR) is 135 cm³/mol. The molecule has 0 bridgehead atoms. The van der Waals surface area contributed by atoms with Gasteiger partial charge in [-0.25, -0.2) is 0 Å². The standard InChI is InChI=1S/C26H27BrClN3O/c1-30-8-10-31(11-9-30)7-6-29-26(32)25-23-5-3-21(27)14-20(23)16-24(25)19-12-17-2-4-22(28)15-18(17)13-19/h2-5,13-15H,6-12,16H2,1H3,(H,29,32). The second-order valence-electron chi connectivity index (χ2n) is 8.92. The molecule has 0 spiro atoms. The van der Waals surface area contributed by atoms with Crippen LogP contribution in [0.15, 0.2) is 52.0 Å². The van der Waals surface area contributed by atoms with Gasteiger partial charge in [0.1, 0.15) is 0 Å². The minimum Gasteiger partial charge on any atom is -0.351 e. The van der Waals surface area contributed by atoms with E-state index in [1.165, 1.54) is 16.7 Å². The van der Waals surface area contributed by atoms with Crippen LogP contribution in [0.3, 0.4) is 0 Å². The Morgan fingerprint density at radius 3 is 2.69 bits per heavy atom. The lowest BCUT2D eigenvalue weighted by molar-refractivity contribution is -0.115. The van der Waals surface area contributed by atoms with Crippen molar-refractivity contribution in [1.82, 2.24) is 15.1 Å². The molecule has 1 aliphatic heterocycles. The van der Waals surface area contributed by atoms with Gasteiger partial charge in [-0.3, -0.25) is 9.69 Å². The molecule has 166 valence electrons. The van der Waals surface area contributed by atoms with Gasteiger partial charge in [-0.15, -0.1) is 0 Å². The number of allylic oxidation sites excluding steroid dienone is 2. The van der Waals surface area contributed by atoms with Crippen LogP contribution in [0, 0.1) is 0 Å². The lowest BCUT2D eigenvalue weighted by Crippen LogP contribution is -2.47. The fourth-order valence-corrected chi connectivity index (χ4v) is 5.50. The van der Waals surface area contributed by atoms with Gasteiger partial charge in [0.25, 0.3) is 5.91 Å². The molecular formula is C26H27BrClN3O. The van der Waals surface area contributed by atoms with Gasteiger partial charge in [0.2, 0.25) is 0 Å². The summed E-state index contributed by atoms with van der Waals surface area (Å²) in [7, 11) is 2.16. The van der Waals surface area contributed by atoms with Crippen molar-refractivity contribution < 1.29 is 4.79 Å². The number of hydrogen-bond donors (Lipinski definition) is 1. The molecule has 5 rings (SSSR count). The summed E-state index contributed by atoms with van der Waals surface area (Å²) in [5.41, 5.74) is 7.87. The van der Waals surface area contributed by atoms with Crippen molar-refractivity contribution in [2.75, 3.05) is 46.3 Å². The Hall–Kier alpha value is -1.92. The van der Waals surface area contributed by atoms with E-state index in [9.17, 15) is 4.79 Å². The first kappa shape index (κ1) is 21.9. The lowest BCUT2D eigenvalue weighted by atomic mass is 9.98. The molecule has 2 aromatic rings. The number of benzene rings is 2. The summed E-state index contributed by atoms with van der Waals surface area (Å²) in [6.45, 7) is 5.85. The maximum absolute atomic E-state index is 13.4. The van der Waals surface area contributed by atoms with Crippen LogP contribution in [0.4, 0.5) is 0 Å². The van der Waals surface area contributed by atoms with Crippen LogP contribution in [0.25, 0.3) is 11.6 Å². The molecule has 1 heterocycles. The highest BCUT2D eigenvalue weighted by atomic mass is 79.9. The number of halogens is 2. The zero-order chi connectivity index (χ0) is 22.2. The third-order valence-corrected chi connectivity index (χ3v) is 7.48. The Morgan fingerprint density at radius 1 is 1.06 bits per heavy atom. The van der Waals surface area contributed by atoms with E-state index in [0.29, 0.717) is 6.54 Å². The number of piperazine rings is 1. The van der Waals surface area contributed by atoms with Crippen molar-refractivity contribution in [2.24, 2.45) is 0 Å². The van der Waals surface area contributed by atoms with E-state index in [0.717, 1.165) is 77.3 Å². The molecular weight excluding hydrogens is 486 g/mol. The molecule has 6 heteroatoms. The predicted octanol–water partition coefficient (Wildman–Crippen LogP) is 4.42. The summed E-state index contributed by atoms with van der Waals surface area (Å²) in [5.74, 6) is 0.0325. The Kier molecular flexibility index (Phi) is 6.26. The average Bonchev–Trinajstić information content (AvgIpc) is 3.35. The van der Waals surface area contributed by atoms with Crippen LogP contribution in [0.1, 0.15) is 22.3 Å². The van der Waals surface area contributed by atoms with Crippen LogP contribution in [-0.4, -0.2) is 62.0 Å². The van der Waals surface area contributed by atoms with Gasteiger partial charge in [0.05, 0.1) is 5.57 Å². The van der Waals surface area contributed by atoms with E-state index in [1.807, 2.05) is 18.2 Å². The number of amides is 1. The van der Waals surface area contributed by atoms with Gasteiger partial charge < -0.3 is 10.2 Å². The molecule has 1 saturated heterocycles. The zero-order valence-corrected chi connectivity index (χ0v) is 20.6. The third-order valence-electron chi connectivity index (χ3n) is 6.75. The third kappa shape index (κ3) is 4.44. The van der Waals surface area contributed by atoms with Crippen LogP contribution < -0.4 is 5.32 Å². The summed E-state index contributed by atoms with van der Waals surface area (Å²) < 4.78 is 1.04. The zero-order valence-electron chi connectivity index (χ0n) is 18.3. The molecule has 0 unspecified atom stereocenters. The second-order valence-corrected chi connectivity index (χ2v) is 10.3. The van der Waals surface area contributed by atoms with E-state index in [-0.39, 0.29) is 5.91 Å². The average molecular weight is 513 g/mol. The number of likely N-dealkylation sites (N-methyl/N-ethyl adjacent to an activating group) is 1. The van der Waals surface area contributed by atoms with Crippen LogP contribution in [0.5, 0.6) is 0 Å². The molecule has 3 aliphatic rings. The molecule has 2 aromatic carbocycles. The molecule has 2 aliphatic carbocycles. The molecule has 0 saturated carbocycles. The normalized spacial score (nSPS) is 18.5. The summed E-state index contributed by atoms with van der Waals surface area (Å²) in [4.78, 5) is 18.2. The molecule has 32 heavy (non-hydrogen) atoms. The Morgan fingerprint density at radius 2 is 1.88 bits per heavy atom. The fraction of sp³-hybridized carbons (Fsp3) is 0.346. The van der Waals surface area contributed by atoms with Crippen molar-refractivity contribution in [3.05, 3.63) is 79.3 Å². The van der Waals surface area contributed by atoms with Crippen molar-refractivity contribution >= 4 is 45.1 Å². The molecule has 0 atom stereocenters. The van der Waals surface area contributed by atoms with Crippen LogP contribution >= 0.6 is 27.5 Å². The lowest BCUT2D eigenvalue weighted by Gasteiger charge is -2.32. The highest BCUT2D eigenvalue weighted by Crippen LogP contribution is 2.42. The van der Waals surface area contributed by atoms with Gasteiger partial charge in [0, 0.05) is 48.8 Å². The summed E-state index contributed by atoms with van der Waals surface area (Å²) >= 11 is 9.80. The Bertz CT molecular complexity index is 1130. The summed E-state index contributed by atoms with van der Waals surface area (Å²) in [5, 5.41) is 3.96. The number of rotatable bonds is 5. The van der Waals surface area contributed by atoms with Gasteiger partial charge in [-0.05, 0) is 77.6 Å². The minimum atomic E-state index is 0.0325. The molecule has 1 amide bonds. The highest BCUT2D eigenvalue weighted by Gasteiger charge is 2.30. The monoisotopic (exact) mass is 511 g/mol. The maximum atomic E-state index is 13.4. The van der Waals surface area contributed by atoms with E-state index >= 15 is 0 Å². The SMILES string of the molecule is CN1CCN(CCNC(=O)C2=C(C3=Cc4cc(Cl)ccc4C3)Cc3cc(Br)ccc32)CC1. The molecule has 1 N–H and O–H groups in total. The maximum Gasteiger partial charge on any atom is 0.252 e. The summed E-state index contributed by atoms with van der Waals surface area (Å²) in [6.07, 6.45) is 3.83. The van der Waals surface area contributed by atoms with E-state index in [1.54, 1.807) is 0 Å². The van der Waals surface area contributed by atoms with Gasteiger partial charge in [-0.1, -0.05) is 45.7 Å². The Balaban J connectivity index is 1.37. The van der Waals surface area contributed by atoms with Gasteiger partial charge in [-0.2, -0.15) is 0 Å². The first-order valence-corrected chi connectivity index (χ1v) is 12.4. The van der Waals surface area contributed by atoms with Crippen molar-refractivity contribution in [3.63, 3.8) is 0 Å². The van der Waals surface area contributed by atoms with E-state index in [4.69, 9.17) is 11.6 Å². The largest absolute Gasteiger partial charge is 0.351 e. The number of hydrogen-bond acceptors (Lipinski definition) is 3. The molecule has 1 fully saturated rings. The highest BCUT2D eigenvalue weighted by molar-refractivity contribution is 9.10. The number of carbonyl (C=O) groups is 1. The number of fused-ring (bicyclic) bond motifs is 2. The minimum absolute atomic E-state index is 0.0325. The van der Waals surface area contributed by atoms with E-state index in [2.05, 4.69) is 62.4 Å². The number of nitrogens with zero attached hydrogens (tertiary/aromatic N) is 2. The van der Waals surface area contributed by atoms with E-state index < -0.39 is 0 Å². The first-order valence-electron chi connectivity index (χ1n) is 11.2. The molecule has 4 nitrogen and oxygen atoms in total. The van der Waals surface area contributed by atoms with Crippen LogP contribution in [-0.2, 0) is 17.6 Å². The van der Waals surface area contributed by atoms with Crippen molar-refractivity contribution in [3.8, 4) is 0 Å². The molecule has 0 radical (unpaired) electrons. The number of carbonyl (C=O) groups excluding carboxylic acids is 1. The number of nitrogens with one attached hydrogen (secondary N) is 1. The Labute approximate surface area is 203 Å². The van der Waals surface area contributed by atoms with Crippen LogP contribution in [0.2, 0.25) is 5.02 Å². The first-order chi connectivity index (χ1) is 15.5. The summed E-state index contributed by atoms with van der Waals surface area (Å²) in [6, 6.07) is 12.3. The topological polar surface area (TPSA) is 35.6 Å². The van der Waals surface area contributed by atoms with Gasteiger partial charge in [0.15, 0.2) is 0 Å². The molecule has 0 aromatic heterocycles. The second kappa shape index (κ2) is 9.14.